The number of hydrogen-bond acceptors (Lipinski definition) is 3. The maximum Gasteiger partial charge on any atom is 0.118 e. The van der Waals surface area contributed by atoms with Crippen LogP contribution >= 0.6 is 0 Å². The normalized spacial score (nSPS) is 14.6. The molecule has 3 nitrogen and oxygen atoms in total. The highest BCUT2D eigenvalue weighted by Gasteiger charge is 2.24. The fourth-order valence-corrected chi connectivity index (χ4v) is 2.31. The molecule has 0 spiro atoms. The van der Waals surface area contributed by atoms with E-state index in [9.17, 15) is 5.11 Å². The molecule has 0 aliphatic rings. The standard InChI is InChI=1S/C16H21NO2/c1-13-9-10-15(19-13)11-17(3)12-16(2,18)14-7-5-4-6-8-14/h4-10,18H,11-12H2,1-3H3. The van der Waals surface area contributed by atoms with Gasteiger partial charge in [0.1, 0.15) is 11.5 Å². The Bertz CT molecular complexity index is 517. The van der Waals surface area contributed by atoms with Crippen LogP contribution in [-0.2, 0) is 12.1 Å². The number of rotatable bonds is 5. The lowest BCUT2D eigenvalue weighted by Crippen LogP contribution is -2.36. The summed E-state index contributed by atoms with van der Waals surface area (Å²) < 4.78 is 5.55. The Labute approximate surface area is 114 Å². The van der Waals surface area contributed by atoms with Gasteiger partial charge in [-0.15, -0.1) is 0 Å². The largest absolute Gasteiger partial charge is 0.465 e. The lowest BCUT2D eigenvalue weighted by molar-refractivity contribution is 0.0198. The Morgan fingerprint density at radius 2 is 1.84 bits per heavy atom. The topological polar surface area (TPSA) is 36.6 Å². The fourth-order valence-electron chi connectivity index (χ4n) is 2.31. The van der Waals surface area contributed by atoms with Crippen molar-refractivity contribution < 1.29 is 9.52 Å². The van der Waals surface area contributed by atoms with E-state index in [0.29, 0.717) is 13.1 Å². The van der Waals surface area contributed by atoms with Crippen molar-refractivity contribution >= 4 is 0 Å². The fraction of sp³-hybridized carbons (Fsp3) is 0.375. The molecule has 3 heteroatoms. The molecule has 0 saturated heterocycles. The van der Waals surface area contributed by atoms with Crippen molar-refractivity contribution in [2.75, 3.05) is 13.6 Å². The zero-order valence-corrected chi connectivity index (χ0v) is 11.8. The van der Waals surface area contributed by atoms with Crippen molar-refractivity contribution in [2.45, 2.75) is 26.0 Å². The Morgan fingerprint density at radius 3 is 2.42 bits per heavy atom. The summed E-state index contributed by atoms with van der Waals surface area (Å²) in [5.74, 6) is 1.84. The van der Waals surface area contributed by atoms with Crippen LogP contribution in [0.25, 0.3) is 0 Å². The van der Waals surface area contributed by atoms with Gasteiger partial charge in [-0.05, 0) is 38.6 Å². The van der Waals surface area contributed by atoms with Crippen LogP contribution in [0.3, 0.4) is 0 Å². The zero-order chi connectivity index (χ0) is 13.9. The first-order valence-electron chi connectivity index (χ1n) is 6.49. The Hall–Kier alpha value is -1.58. The second-order valence-electron chi connectivity index (χ2n) is 5.32. The Morgan fingerprint density at radius 1 is 1.16 bits per heavy atom. The summed E-state index contributed by atoms with van der Waals surface area (Å²) in [5, 5.41) is 10.6. The number of hydrogen-bond donors (Lipinski definition) is 1. The molecule has 0 radical (unpaired) electrons. The van der Waals surface area contributed by atoms with Crippen LogP contribution in [0.15, 0.2) is 46.9 Å². The van der Waals surface area contributed by atoms with E-state index < -0.39 is 5.60 Å². The summed E-state index contributed by atoms with van der Waals surface area (Å²) in [6.45, 7) is 5.02. The number of likely N-dealkylation sites (N-methyl/N-ethyl adjacent to an activating group) is 1. The molecular weight excluding hydrogens is 238 g/mol. The van der Waals surface area contributed by atoms with Crippen LogP contribution < -0.4 is 0 Å². The van der Waals surface area contributed by atoms with Gasteiger partial charge < -0.3 is 9.52 Å². The van der Waals surface area contributed by atoms with Crippen molar-refractivity contribution in [3.05, 3.63) is 59.5 Å². The SMILES string of the molecule is Cc1ccc(CN(C)CC(C)(O)c2ccccc2)o1. The third-order valence-corrected chi connectivity index (χ3v) is 3.20. The minimum absolute atomic E-state index is 0.552. The van der Waals surface area contributed by atoms with Gasteiger partial charge in [-0.2, -0.15) is 0 Å². The van der Waals surface area contributed by atoms with Gasteiger partial charge in [0.15, 0.2) is 0 Å². The van der Waals surface area contributed by atoms with Crippen LogP contribution in [-0.4, -0.2) is 23.6 Å². The molecule has 0 saturated carbocycles. The first kappa shape index (κ1) is 13.8. The zero-order valence-electron chi connectivity index (χ0n) is 11.8. The van der Waals surface area contributed by atoms with Gasteiger partial charge in [0.25, 0.3) is 0 Å². The maximum absolute atomic E-state index is 10.6. The molecule has 2 rings (SSSR count). The molecule has 1 heterocycles. The second kappa shape index (κ2) is 5.59. The van der Waals surface area contributed by atoms with E-state index in [2.05, 4.69) is 4.90 Å². The van der Waals surface area contributed by atoms with Crippen molar-refractivity contribution in [2.24, 2.45) is 0 Å². The second-order valence-corrected chi connectivity index (χ2v) is 5.32. The first-order chi connectivity index (χ1) is 8.97. The molecule has 1 aromatic carbocycles. The van der Waals surface area contributed by atoms with E-state index in [1.807, 2.05) is 63.4 Å². The molecule has 0 bridgehead atoms. The van der Waals surface area contributed by atoms with Crippen LogP contribution in [0.4, 0.5) is 0 Å². The molecule has 0 aliphatic carbocycles. The Balaban J connectivity index is 2.00. The molecule has 1 N–H and O–H groups in total. The van der Waals surface area contributed by atoms with E-state index in [0.717, 1.165) is 17.1 Å². The van der Waals surface area contributed by atoms with Crippen LogP contribution in [0.5, 0.6) is 0 Å². The number of aryl methyl sites for hydroxylation is 1. The summed E-state index contributed by atoms with van der Waals surface area (Å²) in [7, 11) is 1.98. The molecule has 2 aromatic rings. The average molecular weight is 259 g/mol. The van der Waals surface area contributed by atoms with Crippen molar-refractivity contribution in [3.8, 4) is 0 Å². The molecule has 0 amide bonds. The molecule has 1 aromatic heterocycles. The predicted octanol–water partition coefficient (Wildman–Crippen LogP) is 2.93. The number of aliphatic hydroxyl groups is 1. The van der Waals surface area contributed by atoms with Gasteiger partial charge in [-0.1, -0.05) is 30.3 Å². The van der Waals surface area contributed by atoms with Crippen molar-refractivity contribution in [1.29, 1.82) is 0 Å². The summed E-state index contributed by atoms with van der Waals surface area (Å²) in [6.07, 6.45) is 0. The summed E-state index contributed by atoms with van der Waals surface area (Å²) in [4.78, 5) is 2.06. The number of nitrogens with zero attached hydrogens (tertiary/aromatic N) is 1. The van der Waals surface area contributed by atoms with Gasteiger partial charge in [0, 0.05) is 6.54 Å². The van der Waals surface area contributed by atoms with E-state index in [1.54, 1.807) is 0 Å². The van der Waals surface area contributed by atoms with E-state index in [-0.39, 0.29) is 0 Å². The predicted molar refractivity (Wildman–Crippen MR) is 75.8 cm³/mol. The van der Waals surface area contributed by atoms with Gasteiger partial charge in [-0.3, -0.25) is 4.90 Å². The smallest absolute Gasteiger partial charge is 0.118 e. The molecular formula is C16H21NO2. The highest BCUT2D eigenvalue weighted by molar-refractivity contribution is 5.21. The van der Waals surface area contributed by atoms with Crippen molar-refractivity contribution in [1.82, 2.24) is 4.90 Å². The average Bonchev–Trinajstić information content (AvgIpc) is 2.75. The maximum atomic E-state index is 10.6. The van der Waals surface area contributed by atoms with Crippen LogP contribution in [0.2, 0.25) is 0 Å². The monoisotopic (exact) mass is 259 g/mol. The third kappa shape index (κ3) is 3.69. The molecule has 1 atom stereocenters. The number of benzene rings is 1. The quantitative estimate of drug-likeness (QED) is 0.897. The van der Waals surface area contributed by atoms with E-state index >= 15 is 0 Å². The van der Waals surface area contributed by atoms with E-state index in [4.69, 9.17) is 4.42 Å². The molecule has 102 valence electrons. The highest BCUT2D eigenvalue weighted by Crippen LogP contribution is 2.22. The minimum atomic E-state index is -0.863. The Kier molecular flexibility index (Phi) is 4.08. The minimum Gasteiger partial charge on any atom is -0.465 e. The first-order valence-corrected chi connectivity index (χ1v) is 6.49. The van der Waals surface area contributed by atoms with Gasteiger partial charge >= 0.3 is 0 Å². The van der Waals surface area contributed by atoms with Gasteiger partial charge in [0.05, 0.1) is 12.1 Å². The van der Waals surface area contributed by atoms with E-state index in [1.165, 1.54) is 0 Å². The summed E-state index contributed by atoms with van der Waals surface area (Å²) in [5.41, 5.74) is 0.0648. The highest BCUT2D eigenvalue weighted by atomic mass is 16.3. The molecule has 0 fully saturated rings. The van der Waals surface area contributed by atoms with Crippen LogP contribution in [0, 0.1) is 6.92 Å². The summed E-state index contributed by atoms with van der Waals surface area (Å²) in [6, 6.07) is 13.7. The third-order valence-electron chi connectivity index (χ3n) is 3.20. The van der Waals surface area contributed by atoms with Crippen molar-refractivity contribution in [3.63, 3.8) is 0 Å². The van der Waals surface area contributed by atoms with Crippen LogP contribution in [0.1, 0.15) is 24.0 Å². The van der Waals surface area contributed by atoms with Gasteiger partial charge in [-0.25, -0.2) is 0 Å². The number of furan rings is 1. The lowest BCUT2D eigenvalue weighted by Gasteiger charge is -2.29. The van der Waals surface area contributed by atoms with Gasteiger partial charge in [0.2, 0.25) is 0 Å². The summed E-state index contributed by atoms with van der Waals surface area (Å²) >= 11 is 0. The molecule has 1 unspecified atom stereocenters. The lowest BCUT2D eigenvalue weighted by atomic mass is 9.95. The molecule has 19 heavy (non-hydrogen) atoms. The molecule has 0 aliphatic heterocycles.